The highest BCUT2D eigenvalue weighted by Gasteiger charge is 2.37. The lowest BCUT2D eigenvalue weighted by atomic mass is 9.66. The molecule has 0 nitrogen and oxygen atoms in total. The maximum atomic E-state index is 13.1. The Bertz CT molecular complexity index is 337. The lowest BCUT2D eigenvalue weighted by Crippen LogP contribution is -2.35. The molecule has 2 heteroatoms. The van der Waals surface area contributed by atoms with Crippen LogP contribution in [0.1, 0.15) is 30.4 Å². The molecule has 0 spiro atoms. The highest BCUT2D eigenvalue weighted by Crippen LogP contribution is 2.45. The van der Waals surface area contributed by atoms with Crippen molar-refractivity contribution in [2.24, 2.45) is 0 Å². The van der Waals surface area contributed by atoms with Crippen molar-refractivity contribution in [3.63, 3.8) is 0 Å². The number of halogens is 2. The minimum atomic E-state index is -0.0993. The van der Waals surface area contributed by atoms with Crippen molar-refractivity contribution in [3.05, 3.63) is 35.1 Å². The lowest BCUT2D eigenvalue weighted by molar-refractivity contribution is 0.280. The van der Waals surface area contributed by atoms with E-state index in [1.165, 1.54) is 24.8 Å². The van der Waals surface area contributed by atoms with Crippen molar-refractivity contribution in [3.8, 4) is 0 Å². The summed E-state index contributed by atoms with van der Waals surface area (Å²) in [5, 5.41) is 0.991. The highest BCUT2D eigenvalue weighted by molar-refractivity contribution is 9.09. The molecule has 0 bridgehead atoms. The van der Waals surface area contributed by atoms with E-state index in [1.807, 2.05) is 19.1 Å². The van der Waals surface area contributed by atoms with Crippen LogP contribution in [-0.2, 0) is 5.41 Å². The summed E-state index contributed by atoms with van der Waals surface area (Å²) in [6.45, 7) is 1.83. The van der Waals surface area contributed by atoms with Crippen molar-refractivity contribution in [1.82, 2.24) is 0 Å². The van der Waals surface area contributed by atoms with Gasteiger partial charge < -0.3 is 0 Å². The maximum Gasteiger partial charge on any atom is 0.126 e. The van der Waals surface area contributed by atoms with E-state index in [0.717, 1.165) is 10.9 Å². The Labute approximate surface area is 92.6 Å². The minimum Gasteiger partial charge on any atom is -0.207 e. The highest BCUT2D eigenvalue weighted by atomic mass is 79.9. The smallest absolute Gasteiger partial charge is 0.126 e. The molecule has 0 atom stereocenters. The number of aryl methyl sites for hydroxylation is 1. The summed E-state index contributed by atoms with van der Waals surface area (Å²) in [5.74, 6) is -0.0993. The molecule has 0 amide bonds. The SMILES string of the molecule is Cc1cc(C2(CBr)CCC2)ccc1F. The zero-order valence-electron chi connectivity index (χ0n) is 8.32. The molecule has 0 radical (unpaired) electrons. The average Bonchev–Trinajstić information content (AvgIpc) is 2.10. The molecule has 0 unspecified atom stereocenters. The summed E-state index contributed by atoms with van der Waals surface area (Å²) in [4.78, 5) is 0. The van der Waals surface area contributed by atoms with Crippen molar-refractivity contribution in [2.45, 2.75) is 31.6 Å². The number of hydrogen-bond acceptors (Lipinski definition) is 0. The number of alkyl halides is 1. The van der Waals surface area contributed by atoms with E-state index in [9.17, 15) is 4.39 Å². The molecule has 0 heterocycles. The summed E-state index contributed by atoms with van der Waals surface area (Å²) in [7, 11) is 0. The molecule has 76 valence electrons. The van der Waals surface area contributed by atoms with Crippen LogP contribution in [0.3, 0.4) is 0 Å². The Hall–Kier alpha value is -0.370. The van der Waals surface area contributed by atoms with Gasteiger partial charge in [-0.25, -0.2) is 4.39 Å². The van der Waals surface area contributed by atoms with Gasteiger partial charge in [-0.15, -0.1) is 0 Å². The molecular formula is C12H14BrF. The minimum absolute atomic E-state index is 0.0993. The van der Waals surface area contributed by atoms with Gasteiger partial charge in [0.1, 0.15) is 5.82 Å². The standard InChI is InChI=1S/C12H14BrF/c1-9-7-10(3-4-11(9)14)12(8-13)5-2-6-12/h3-4,7H,2,5-6,8H2,1H3. The van der Waals surface area contributed by atoms with Crippen molar-refractivity contribution in [2.75, 3.05) is 5.33 Å². The number of benzene rings is 1. The molecule has 1 aromatic carbocycles. The summed E-state index contributed by atoms with van der Waals surface area (Å²) in [5.41, 5.74) is 2.34. The third-order valence-electron chi connectivity index (χ3n) is 3.34. The molecule has 1 saturated carbocycles. The summed E-state index contributed by atoms with van der Waals surface area (Å²) in [6, 6.07) is 5.52. The predicted octanol–water partition coefficient (Wildman–Crippen LogP) is 3.95. The first-order valence-corrected chi connectivity index (χ1v) is 6.13. The Morgan fingerprint density at radius 2 is 2.14 bits per heavy atom. The van der Waals surface area contributed by atoms with Crippen LogP contribution in [0.2, 0.25) is 0 Å². The van der Waals surface area contributed by atoms with E-state index in [-0.39, 0.29) is 5.82 Å². The van der Waals surface area contributed by atoms with Gasteiger partial charge in [0, 0.05) is 10.7 Å². The van der Waals surface area contributed by atoms with Gasteiger partial charge in [-0.1, -0.05) is 34.5 Å². The fraction of sp³-hybridized carbons (Fsp3) is 0.500. The Morgan fingerprint density at radius 3 is 2.57 bits per heavy atom. The van der Waals surface area contributed by atoms with E-state index in [1.54, 1.807) is 6.07 Å². The number of rotatable bonds is 2. The molecular weight excluding hydrogens is 243 g/mol. The molecule has 1 fully saturated rings. The van der Waals surface area contributed by atoms with Crippen LogP contribution in [-0.4, -0.2) is 5.33 Å². The molecule has 0 aliphatic heterocycles. The third kappa shape index (κ3) is 1.50. The van der Waals surface area contributed by atoms with Crippen LogP contribution >= 0.6 is 15.9 Å². The fourth-order valence-electron chi connectivity index (χ4n) is 2.08. The summed E-state index contributed by atoms with van der Waals surface area (Å²) >= 11 is 3.57. The molecule has 1 aromatic rings. The van der Waals surface area contributed by atoms with Gasteiger partial charge in [0.15, 0.2) is 0 Å². The molecule has 0 aromatic heterocycles. The molecule has 0 N–H and O–H groups in total. The Kier molecular flexibility index (Phi) is 2.65. The van der Waals surface area contributed by atoms with Crippen LogP contribution in [0, 0.1) is 12.7 Å². The number of hydrogen-bond donors (Lipinski definition) is 0. The van der Waals surface area contributed by atoms with Crippen molar-refractivity contribution in [1.29, 1.82) is 0 Å². The first-order chi connectivity index (χ1) is 6.68. The lowest BCUT2D eigenvalue weighted by Gasteiger charge is -2.41. The monoisotopic (exact) mass is 256 g/mol. The van der Waals surface area contributed by atoms with Crippen LogP contribution in [0.5, 0.6) is 0 Å². The second-order valence-electron chi connectivity index (χ2n) is 4.23. The summed E-state index contributed by atoms with van der Waals surface area (Å²) in [6.07, 6.45) is 3.74. The van der Waals surface area contributed by atoms with Crippen molar-refractivity contribution < 1.29 is 4.39 Å². The molecule has 14 heavy (non-hydrogen) atoms. The van der Waals surface area contributed by atoms with Gasteiger partial charge in [-0.05, 0) is 37.0 Å². The third-order valence-corrected chi connectivity index (χ3v) is 4.41. The van der Waals surface area contributed by atoms with E-state index in [2.05, 4.69) is 15.9 Å². The Morgan fingerprint density at radius 1 is 1.43 bits per heavy atom. The van der Waals surface area contributed by atoms with E-state index >= 15 is 0 Å². The molecule has 1 aliphatic rings. The normalized spacial score (nSPS) is 19.1. The average molecular weight is 257 g/mol. The Balaban J connectivity index is 2.36. The van der Waals surface area contributed by atoms with Crippen LogP contribution in [0.4, 0.5) is 4.39 Å². The largest absolute Gasteiger partial charge is 0.207 e. The molecule has 2 rings (SSSR count). The van der Waals surface area contributed by atoms with Gasteiger partial charge in [0.05, 0.1) is 0 Å². The zero-order valence-corrected chi connectivity index (χ0v) is 9.90. The predicted molar refractivity (Wildman–Crippen MR) is 60.5 cm³/mol. The van der Waals surface area contributed by atoms with Crippen LogP contribution < -0.4 is 0 Å². The van der Waals surface area contributed by atoms with E-state index in [4.69, 9.17) is 0 Å². The van der Waals surface area contributed by atoms with Crippen LogP contribution in [0.15, 0.2) is 18.2 Å². The van der Waals surface area contributed by atoms with Gasteiger partial charge >= 0.3 is 0 Å². The first kappa shape index (κ1) is 10.2. The van der Waals surface area contributed by atoms with Gasteiger partial charge in [-0.2, -0.15) is 0 Å². The zero-order chi connectivity index (χ0) is 10.2. The van der Waals surface area contributed by atoms with Crippen molar-refractivity contribution >= 4 is 15.9 Å². The van der Waals surface area contributed by atoms with Gasteiger partial charge in [0.25, 0.3) is 0 Å². The molecule has 0 saturated heterocycles. The maximum absolute atomic E-state index is 13.1. The van der Waals surface area contributed by atoms with Crippen LogP contribution in [0.25, 0.3) is 0 Å². The topological polar surface area (TPSA) is 0 Å². The van der Waals surface area contributed by atoms with E-state index < -0.39 is 0 Å². The van der Waals surface area contributed by atoms with E-state index in [0.29, 0.717) is 5.41 Å². The second-order valence-corrected chi connectivity index (χ2v) is 4.79. The fourth-order valence-corrected chi connectivity index (χ4v) is 2.96. The first-order valence-electron chi connectivity index (χ1n) is 5.00. The molecule has 1 aliphatic carbocycles. The van der Waals surface area contributed by atoms with Gasteiger partial charge in [-0.3, -0.25) is 0 Å². The van der Waals surface area contributed by atoms with Gasteiger partial charge in [0.2, 0.25) is 0 Å². The quantitative estimate of drug-likeness (QED) is 0.704. The summed E-state index contributed by atoms with van der Waals surface area (Å²) < 4.78 is 13.1. The second kappa shape index (κ2) is 3.65.